The Morgan fingerprint density at radius 3 is 1.73 bits per heavy atom. The van der Waals surface area contributed by atoms with Gasteiger partial charge in [-0.2, -0.15) is 0 Å². The van der Waals surface area contributed by atoms with Crippen LogP contribution in [0.2, 0.25) is 0 Å². The average Bonchev–Trinajstić information content (AvgIpc) is 2.74. The standard InChI is InChI=1S/C27H38N2O4/c1-10-11-24(27(5,6)7)28-29(25(30)20-13-17(2)12-18(3)14-20)26(31)21-15-22(32-8)19(4)23(16-21)33-9/h12-16,24,28H,10-11H2,1-9H3/t24-/m0/s1. The van der Waals surface area contributed by atoms with Gasteiger partial charge in [-0.05, 0) is 56.9 Å². The summed E-state index contributed by atoms with van der Waals surface area (Å²) in [6, 6.07) is 8.82. The molecule has 6 heteroatoms. The van der Waals surface area contributed by atoms with Gasteiger partial charge in [0.15, 0.2) is 0 Å². The monoisotopic (exact) mass is 454 g/mol. The number of carbonyl (C=O) groups is 2. The van der Waals surface area contributed by atoms with Crippen molar-refractivity contribution in [2.75, 3.05) is 14.2 Å². The lowest BCUT2D eigenvalue weighted by Crippen LogP contribution is -2.55. The first-order valence-electron chi connectivity index (χ1n) is 11.4. The fraction of sp³-hybridized carbons (Fsp3) is 0.481. The summed E-state index contributed by atoms with van der Waals surface area (Å²) in [5.74, 6) is 0.201. The van der Waals surface area contributed by atoms with Gasteiger partial charge in [0.2, 0.25) is 0 Å². The number of ether oxygens (including phenoxy) is 2. The molecule has 180 valence electrons. The number of hydrogen-bond acceptors (Lipinski definition) is 5. The second-order valence-corrected chi connectivity index (χ2v) is 9.66. The van der Waals surface area contributed by atoms with Gasteiger partial charge in [-0.25, -0.2) is 10.4 Å². The van der Waals surface area contributed by atoms with Gasteiger partial charge in [0, 0.05) is 22.7 Å². The molecule has 0 heterocycles. The molecule has 1 N–H and O–H groups in total. The third-order valence-corrected chi connectivity index (χ3v) is 5.78. The largest absolute Gasteiger partial charge is 0.496 e. The van der Waals surface area contributed by atoms with Crippen LogP contribution in [-0.2, 0) is 0 Å². The van der Waals surface area contributed by atoms with Gasteiger partial charge in [0.05, 0.1) is 14.2 Å². The number of amides is 2. The molecule has 0 aliphatic heterocycles. The Balaban J connectivity index is 2.60. The maximum Gasteiger partial charge on any atom is 0.275 e. The van der Waals surface area contributed by atoms with E-state index in [4.69, 9.17) is 9.47 Å². The third-order valence-electron chi connectivity index (χ3n) is 5.78. The van der Waals surface area contributed by atoms with Crippen LogP contribution in [0.4, 0.5) is 0 Å². The summed E-state index contributed by atoms with van der Waals surface area (Å²) < 4.78 is 10.9. The zero-order valence-corrected chi connectivity index (χ0v) is 21.5. The Kier molecular flexibility index (Phi) is 8.67. The van der Waals surface area contributed by atoms with Crippen LogP contribution in [-0.4, -0.2) is 37.1 Å². The number of aryl methyl sites for hydroxylation is 2. The van der Waals surface area contributed by atoms with Crippen molar-refractivity contribution in [1.82, 2.24) is 10.4 Å². The van der Waals surface area contributed by atoms with Crippen LogP contribution < -0.4 is 14.9 Å². The Morgan fingerprint density at radius 1 is 0.879 bits per heavy atom. The van der Waals surface area contributed by atoms with Gasteiger partial charge in [0.1, 0.15) is 11.5 Å². The molecule has 33 heavy (non-hydrogen) atoms. The van der Waals surface area contributed by atoms with E-state index in [9.17, 15) is 9.59 Å². The molecule has 2 rings (SSSR count). The molecule has 0 radical (unpaired) electrons. The molecule has 0 bridgehead atoms. The number of nitrogens with zero attached hydrogens (tertiary/aromatic N) is 1. The van der Waals surface area contributed by atoms with Gasteiger partial charge in [-0.1, -0.05) is 51.3 Å². The number of benzene rings is 2. The second-order valence-electron chi connectivity index (χ2n) is 9.66. The molecule has 1 atom stereocenters. The van der Waals surface area contributed by atoms with Crippen LogP contribution in [0.15, 0.2) is 30.3 Å². The van der Waals surface area contributed by atoms with Crippen molar-refractivity contribution in [2.45, 2.75) is 67.3 Å². The molecule has 0 unspecified atom stereocenters. The van der Waals surface area contributed by atoms with Crippen molar-refractivity contribution in [1.29, 1.82) is 0 Å². The van der Waals surface area contributed by atoms with E-state index in [0.717, 1.165) is 34.5 Å². The Morgan fingerprint density at radius 2 is 1.33 bits per heavy atom. The summed E-state index contributed by atoms with van der Waals surface area (Å²) >= 11 is 0. The lowest BCUT2D eigenvalue weighted by Gasteiger charge is -2.36. The molecule has 2 amide bonds. The first-order valence-corrected chi connectivity index (χ1v) is 11.4. The highest BCUT2D eigenvalue weighted by Gasteiger charge is 2.32. The fourth-order valence-electron chi connectivity index (χ4n) is 3.91. The highest BCUT2D eigenvalue weighted by molar-refractivity contribution is 6.10. The quantitative estimate of drug-likeness (QED) is 0.413. The van der Waals surface area contributed by atoms with E-state index in [0.29, 0.717) is 22.6 Å². The van der Waals surface area contributed by atoms with Crippen molar-refractivity contribution in [3.05, 3.63) is 58.1 Å². The first kappa shape index (κ1) is 26.4. The number of nitrogens with one attached hydrogen (secondary N) is 1. The lowest BCUT2D eigenvalue weighted by atomic mass is 9.84. The molecule has 0 spiro atoms. The second kappa shape index (κ2) is 10.8. The SMILES string of the molecule is CCC[C@H](NN(C(=O)c1cc(C)cc(C)c1)C(=O)c1cc(OC)c(C)c(OC)c1)C(C)(C)C. The summed E-state index contributed by atoms with van der Waals surface area (Å²) in [5.41, 5.74) is 6.59. The Hall–Kier alpha value is -2.86. The van der Waals surface area contributed by atoms with Gasteiger partial charge in [-0.15, -0.1) is 0 Å². The molecule has 0 aliphatic carbocycles. The zero-order chi connectivity index (χ0) is 24.9. The topological polar surface area (TPSA) is 67.9 Å². The molecule has 0 aromatic heterocycles. The molecule has 0 saturated carbocycles. The van der Waals surface area contributed by atoms with Gasteiger partial charge in [0.25, 0.3) is 11.8 Å². The van der Waals surface area contributed by atoms with Crippen molar-refractivity contribution >= 4 is 11.8 Å². The lowest BCUT2D eigenvalue weighted by molar-refractivity contribution is 0.0424. The predicted molar refractivity (Wildman–Crippen MR) is 132 cm³/mol. The van der Waals surface area contributed by atoms with E-state index in [2.05, 4.69) is 33.1 Å². The molecular formula is C27H38N2O4. The molecule has 6 nitrogen and oxygen atoms in total. The smallest absolute Gasteiger partial charge is 0.275 e. The van der Waals surface area contributed by atoms with Crippen LogP contribution in [0.5, 0.6) is 11.5 Å². The zero-order valence-electron chi connectivity index (χ0n) is 21.5. The number of imide groups is 1. The number of rotatable bonds is 8. The van der Waals surface area contributed by atoms with E-state index >= 15 is 0 Å². The van der Waals surface area contributed by atoms with E-state index in [1.54, 1.807) is 38.5 Å². The van der Waals surface area contributed by atoms with Crippen LogP contribution in [0.25, 0.3) is 0 Å². The summed E-state index contributed by atoms with van der Waals surface area (Å²) in [4.78, 5) is 27.5. The van der Waals surface area contributed by atoms with E-state index in [-0.39, 0.29) is 11.5 Å². The van der Waals surface area contributed by atoms with Crippen LogP contribution in [0.1, 0.15) is 77.9 Å². The molecule has 0 fully saturated rings. The van der Waals surface area contributed by atoms with Crippen molar-refractivity contribution in [3.8, 4) is 11.5 Å². The van der Waals surface area contributed by atoms with Crippen molar-refractivity contribution < 1.29 is 19.1 Å². The van der Waals surface area contributed by atoms with Gasteiger partial charge in [-0.3, -0.25) is 9.59 Å². The number of hydrazine groups is 1. The Bertz CT molecular complexity index is 962. The number of carbonyl (C=O) groups excluding carboxylic acids is 2. The van der Waals surface area contributed by atoms with E-state index in [1.807, 2.05) is 26.8 Å². The highest BCUT2D eigenvalue weighted by Crippen LogP contribution is 2.31. The maximum absolute atomic E-state index is 13.8. The highest BCUT2D eigenvalue weighted by atomic mass is 16.5. The summed E-state index contributed by atoms with van der Waals surface area (Å²) in [7, 11) is 3.09. The van der Waals surface area contributed by atoms with Crippen LogP contribution in [0.3, 0.4) is 0 Å². The first-order chi connectivity index (χ1) is 15.4. The molecule has 0 saturated heterocycles. The summed E-state index contributed by atoms with van der Waals surface area (Å²) in [5, 5.41) is 1.16. The molecule has 0 aliphatic rings. The predicted octanol–water partition coefficient (Wildman–Crippen LogP) is 5.63. The maximum atomic E-state index is 13.8. The Labute approximate surface area is 198 Å². The number of methoxy groups -OCH3 is 2. The third kappa shape index (κ3) is 6.35. The molecule has 2 aromatic rings. The van der Waals surface area contributed by atoms with Crippen LogP contribution in [0, 0.1) is 26.2 Å². The summed E-state index contributed by atoms with van der Waals surface area (Å²) in [6.45, 7) is 14.1. The van der Waals surface area contributed by atoms with E-state index < -0.39 is 11.8 Å². The average molecular weight is 455 g/mol. The minimum Gasteiger partial charge on any atom is -0.496 e. The minimum atomic E-state index is -0.457. The van der Waals surface area contributed by atoms with Crippen molar-refractivity contribution in [3.63, 3.8) is 0 Å². The summed E-state index contributed by atoms with van der Waals surface area (Å²) in [6.07, 6.45) is 1.73. The fourth-order valence-corrected chi connectivity index (χ4v) is 3.91. The minimum absolute atomic E-state index is 0.0875. The van der Waals surface area contributed by atoms with Gasteiger partial charge < -0.3 is 9.47 Å². The van der Waals surface area contributed by atoms with Crippen molar-refractivity contribution in [2.24, 2.45) is 5.41 Å². The van der Waals surface area contributed by atoms with E-state index in [1.165, 1.54) is 0 Å². The van der Waals surface area contributed by atoms with Gasteiger partial charge >= 0.3 is 0 Å². The molecular weight excluding hydrogens is 416 g/mol. The van der Waals surface area contributed by atoms with Crippen LogP contribution >= 0.6 is 0 Å². The molecule has 2 aromatic carbocycles. The number of hydrogen-bond donors (Lipinski definition) is 1. The normalized spacial score (nSPS) is 12.3.